The van der Waals surface area contributed by atoms with Crippen LogP contribution in [0, 0.1) is 13.8 Å². The zero-order valence-corrected chi connectivity index (χ0v) is 12.5. The maximum Gasteiger partial charge on any atom is 0.0706 e. The third-order valence-electron chi connectivity index (χ3n) is 4.07. The van der Waals surface area contributed by atoms with E-state index in [9.17, 15) is 0 Å². The van der Waals surface area contributed by atoms with Crippen molar-refractivity contribution in [2.45, 2.75) is 26.3 Å². The maximum absolute atomic E-state index is 6.39. The second kappa shape index (κ2) is 5.66. The van der Waals surface area contributed by atoms with Crippen LogP contribution in [-0.2, 0) is 6.42 Å². The average molecular weight is 276 g/mol. The van der Waals surface area contributed by atoms with Crippen molar-refractivity contribution in [3.63, 3.8) is 0 Å². The molecule has 0 aliphatic heterocycles. The molecular formula is C19H20N2. The van der Waals surface area contributed by atoms with Gasteiger partial charge in [0.2, 0.25) is 0 Å². The summed E-state index contributed by atoms with van der Waals surface area (Å²) in [6.07, 6.45) is 0.823. The second-order valence-corrected chi connectivity index (χ2v) is 5.61. The topological polar surface area (TPSA) is 38.9 Å². The van der Waals surface area contributed by atoms with Crippen LogP contribution in [0.3, 0.4) is 0 Å². The molecule has 2 aromatic carbocycles. The standard InChI is InChI=1S/C19H20N2/c1-13-6-5-7-14(2)16(13)12-17(20)19-11-10-15-8-3-4-9-18(15)21-19/h3-11,17H,12,20H2,1-2H3. The van der Waals surface area contributed by atoms with Crippen LogP contribution in [0.25, 0.3) is 10.9 Å². The average Bonchev–Trinajstić information content (AvgIpc) is 2.50. The second-order valence-electron chi connectivity index (χ2n) is 5.61. The van der Waals surface area contributed by atoms with Gasteiger partial charge >= 0.3 is 0 Å². The van der Waals surface area contributed by atoms with Crippen LogP contribution in [-0.4, -0.2) is 4.98 Å². The molecule has 1 aromatic heterocycles. The smallest absolute Gasteiger partial charge is 0.0706 e. The van der Waals surface area contributed by atoms with Crippen molar-refractivity contribution in [3.05, 3.63) is 77.0 Å². The van der Waals surface area contributed by atoms with Crippen molar-refractivity contribution in [2.24, 2.45) is 5.73 Å². The van der Waals surface area contributed by atoms with Gasteiger partial charge in [0.1, 0.15) is 0 Å². The molecule has 1 unspecified atom stereocenters. The van der Waals surface area contributed by atoms with E-state index in [2.05, 4.69) is 44.2 Å². The summed E-state index contributed by atoms with van der Waals surface area (Å²) in [6.45, 7) is 4.28. The lowest BCUT2D eigenvalue weighted by molar-refractivity contribution is 0.694. The van der Waals surface area contributed by atoms with Crippen LogP contribution in [0.2, 0.25) is 0 Å². The van der Waals surface area contributed by atoms with Crippen molar-refractivity contribution < 1.29 is 0 Å². The van der Waals surface area contributed by atoms with Crippen molar-refractivity contribution in [1.29, 1.82) is 0 Å². The lowest BCUT2D eigenvalue weighted by atomic mass is 9.95. The number of hydrogen-bond donors (Lipinski definition) is 1. The summed E-state index contributed by atoms with van der Waals surface area (Å²) in [7, 11) is 0. The maximum atomic E-state index is 6.39. The van der Waals surface area contributed by atoms with E-state index in [1.807, 2.05) is 24.3 Å². The number of rotatable bonds is 3. The van der Waals surface area contributed by atoms with Crippen LogP contribution in [0.15, 0.2) is 54.6 Å². The third kappa shape index (κ3) is 2.81. The number of aromatic nitrogens is 1. The third-order valence-corrected chi connectivity index (χ3v) is 4.07. The number of pyridine rings is 1. The first-order valence-electron chi connectivity index (χ1n) is 7.31. The Labute approximate surface area is 125 Å². The van der Waals surface area contributed by atoms with E-state index in [4.69, 9.17) is 10.7 Å². The molecule has 0 saturated heterocycles. The number of benzene rings is 2. The number of fused-ring (bicyclic) bond motifs is 1. The molecule has 21 heavy (non-hydrogen) atoms. The predicted molar refractivity (Wildman–Crippen MR) is 88.3 cm³/mol. The molecule has 3 aromatic rings. The van der Waals surface area contributed by atoms with Gasteiger partial charge < -0.3 is 5.73 Å². The highest BCUT2D eigenvalue weighted by atomic mass is 14.8. The highest BCUT2D eigenvalue weighted by molar-refractivity contribution is 5.78. The van der Waals surface area contributed by atoms with E-state index >= 15 is 0 Å². The molecule has 0 aliphatic carbocycles. The van der Waals surface area contributed by atoms with Crippen molar-refractivity contribution in [1.82, 2.24) is 4.98 Å². The largest absolute Gasteiger partial charge is 0.322 e. The van der Waals surface area contributed by atoms with Gasteiger partial charge in [0.25, 0.3) is 0 Å². The van der Waals surface area contributed by atoms with Gasteiger partial charge in [-0.1, -0.05) is 42.5 Å². The van der Waals surface area contributed by atoms with Gasteiger partial charge in [0.05, 0.1) is 17.3 Å². The van der Waals surface area contributed by atoms with Gasteiger partial charge in [0.15, 0.2) is 0 Å². The van der Waals surface area contributed by atoms with E-state index < -0.39 is 0 Å². The zero-order valence-electron chi connectivity index (χ0n) is 12.5. The summed E-state index contributed by atoms with van der Waals surface area (Å²) < 4.78 is 0. The quantitative estimate of drug-likeness (QED) is 0.782. The first-order valence-corrected chi connectivity index (χ1v) is 7.31. The van der Waals surface area contributed by atoms with Crippen LogP contribution in [0.1, 0.15) is 28.4 Å². The summed E-state index contributed by atoms with van der Waals surface area (Å²) in [6, 6.07) is 18.6. The number of nitrogens with two attached hydrogens (primary N) is 1. The molecule has 3 rings (SSSR count). The monoisotopic (exact) mass is 276 g/mol. The Kier molecular flexibility index (Phi) is 3.72. The molecule has 106 valence electrons. The first kappa shape index (κ1) is 13.8. The molecule has 0 aliphatic rings. The summed E-state index contributed by atoms with van der Waals surface area (Å²) in [5, 5.41) is 1.15. The van der Waals surface area contributed by atoms with Crippen molar-refractivity contribution in [3.8, 4) is 0 Å². The first-order chi connectivity index (χ1) is 10.1. The van der Waals surface area contributed by atoms with Crippen LogP contribution < -0.4 is 5.73 Å². The van der Waals surface area contributed by atoms with Crippen LogP contribution in [0.4, 0.5) is 0 Å². The van der Waals surface area contributed by atoms with Gasteiger partial charge in [-0.15, -0.1) is 0 Å². The Morgan fingerprint density at radius 1 is 0.905 bits per heavy atom. The molecule has 2 nitrogen and oxygen atoms in total. The van der Waals surface area contributed by atoms with Gasteiger partial charge in [-0.3, -0.25) is 4.98 Å². The van der Waals surface area contributed by atoms with E-state index in [1.165, 1.54) is 16.7 Å². The fraction of sp³-hybridized carbons (Fsp3) is 0.211. The van der Waals surface area contributed by atoms with Crippen LogP contribution in [0.5, 0.6) is 0 Å². The minimum Gasteiger partial charge on any atom is -0.322 e. The summed E-state index contributed by atoms with van der Waals surface area (Å²) in [5.41, 5.74) is 12.3. The molecular weight excluding hydrogens is 256 g/mol. The number of para-hydroxylation sites is 1. The van der Waals surface area contributed by atoms with E-state index in [-0.39, 0.29) is 6.04 Å². The number of nitrogens with zero attached hydrogens (tertiary/aromatic N) is 1. The van der Waals surface area contributed by atoms with E-state index in [0.29, 0.717) is 0 Å². The Hall–Kier alpha value is -2.19. The zero-order chi connectivity index (χ0) is 14.8. The Bertz CT molecular complexity index is 757. The number of hydrogen-bond acceptors (Lipinski definition) is 2. The van der Waals surface area contributed by atoms with E-state index in [0.717, 1.165) is 23.0 Å². The van der Waals surface area contributed by atoms with Gasteiger partial charge in [-0.2, -0.15) is 0 Å². The Balaban J connectivity index is 1.91. The fourth-order valence-corrected chi connectivity index (χ4v) is 2.78. The number of aryl methyl sites for hydroxylation is 2. The predicted octanol–water partition coefficient (Wildman–Crippen LogP) is 4.09. The molecule has 2 heteroatoms. The molecule has 0 bridgehead atoms. The van der Waals surface area contributed by atoms with Gasteiger partial charge in [-0.05, 0) is 49.1 Å². The van der Waals surface area contributed by atoms with Crippen molar-refractivity contribution >= 4 is 10.9 Å². The highest BCUT2D eigenvalue weighted by Crippen LogP contribution is 2.22. The molecule has 0 radical (unpaired) electrons. The lowest BCUT2D eigenvalue weighted by Crippen LogP contribution is -2.16. The summed E-state index contributed by atoms with van der Waals surface area (Å²) in [5.74, 6) is 0. The minimum absolute atomic E-state index is 0.0746. The Morgan fingerprint density at radius 3 is 2.38 bits per heavy atom. The van der Waals surface area contributed by atoms with Gasteiger partial charge in [-0.25, -0.2) is 0 Å². The fourth-order valence-electron chi connectivity index (χ4n) is 2.78. The van der Waals surface area contributed by atoms with Gasteiger partial charge in [0, 0.05) is 5.39 Å². The minimum atomic E-state index is -0.0746. The molecule has 0 spiro atoms. The Morgan fingerprint density at radius 2 is 1.62 bits per heavy atom. The molecule has 1 heterocycles. The molecule has 2 N–H and O–H groups in total. The normalized spacial score (nSPS) is 12.5. The molecule has 0 saturated carbocycles. The van der Waals surface area contributed by atoms with Crippen LogP contribution >= 0.6 is 0 Å². The summed E-state index contributed by atoms with van der Waals surface area (Å²) in [4.78, 5) is 4.71. The van der Waals surface area contributed by atoms with Crippen molar-refractivity contribution in [2.75, 3.05) is 0 Å². The lowest BCUT2D eigenvalue weighted by Gasteiger charge is -2.15. The molecule has 0 fully saturated rings. The highest BCUT2D eigenvalue weighted by Gasteiger charge is 2.12. The van der Waals surface area contributed by atoms with E-state index in [1.54, 1.807) is 0 Å². The molecule has 0 amide bonds. The molecule has 1 atom stereocenters. The summed E-state index contributed by atoms with van der Waals surface area (Å²) >= 11 is 0. The SMILES string of the molecule is Cc1cccc(C)c1CC(N)c1ccc2ccccc2n1.